The fraction of sp³-hybridized carbons (Fsp3) is 0.160. The van der Waals surface area contributed by atoms with Crippen LogP contribution in [0.5, 0.6) is 0 Å². The van der Waals surface area contributed by atoms with Gasteiger partial charge in [0.1, 0.15) is 23.4 Å². The van der Waals surface area contributed by atoms with Crippen LogP contribution in [-0.2, 0) is 4.79 Å². The van der Waals surface area contributed by atoms with Crippen molar-refractivity contribution in [2.75, 3.05) is 5.32 Å². The Morgan fingerprint density at radius 1 is 1.19 bits per heavy atom. The van der Waals surface area contributed by atoms with E-state index >= 15 is 4.39 Å². The molecule has 0 radical (unpaired) electrons. The minimum absolute atomic E-state index is 0.128. The molecule has 0 aliphatic rings. The average Bonchev–Trinajstić information content (AvgIpc) is 3.62. The Hall–Kier alpha value is -5.00. The number of carbonyl (C=O) groups excluding carboxylic acids is 1. The van der Waals surface area contributed by atoms with Crippen LogP contribution in [0.2, 0.25) is 0 Å². The number of amides is 1. The summed E-state index contributed by atoms with van der Waals surface area (Å²) in [5.41, 5.74) is 3.90. The van der Waals surface area contributed by atoms with Crippen molar-refractivity contribution in [3.8, 4) is 28.5 Å². The monoisotopic (exact) mass is 496 g/mol. The van der Waals surface area contributed by atoms with Gasteiger partial charge in [-0.25, -0.2) is 24.3 Å². The number of rotatable bonds is 6. The average molecular weight is 497 g/mol. The number of pyridine rings is 3. The molecule has 6 rings (SSSR count). The Kier molecular flexibility index (Phi) is 5.40. The lowest BCUT2D eigenvalue weighted by molar-refractivity contribution is -0.116. The molecule has 0 aliphatic carbocycles. The van der Waals surface area contributed by atoms with Gasteiger partial charge in [-0.2, -0.15) is 5.10 Å². The number of halogens is 1. The van der Waals surface area contributed by atoms with Crippen LogP contribution in [0.3, 0.4) is 0 Å². The zero-order chi connectivity index (χ0) is 25.5. The molecule has 6 heterocycles. The molecule has 0 aliphatic heterocycles. The number of hydrogen-bond acceptors (Lipinski definition) is 7. The molecule has 3 N–H and O–H groups in total. The maximum Gasteiger partial charge on any atom is 0.224 e. The fourth-order valence-corrected chi connectivity index (χ4v) is 4.20. The molecular weight excluding hydrogens is 475 g/mol. The summed E-state index contributed by atoms with van der Waals surface area (Å²) in [7, 11) is 0. The van der Waals surface area contributed by atoms with E-state index in [1.165, 1.54) is 18.6 Å². The summed E-state index contributed by atoms with van der Waals surface area (Å²) in [6.45, 7) is 3.81. The summed E-state index contributed by atoms with van der Waals surface area (Å²) in [6, 6.07) is 3.46. The highest BCUT2D eigenvalue weighted by Crippen LogP contribution is 2.33. The van der Waals surface area contributed by atoms with Gasteiger partial charge in [0.15, 0.2) is 17.3 Å². The van der Waals surface area contributed by atoms with Crippen LogP contribution in [0.25, 0.3) is 50.5 Å². The molecule has 0 unspecified atom stereocenters. The molecule has 1 amide bonds. The number of anilines is 1. The van der Waals surface area contributed by atoms with Gasteiger partial charge in [0.25, 0.3) is 0 Å². The maximum absolute atomic E-state index is 16.0. The second-order valence-electron chi connectivity index (χ2n) is 8.58. The van der Waals surface area contributed by atoms with Gasteiger partial charge in [0.2, 0.25) is 5.91 Å². The van der Waals surface area contributed by atoms with Crippen LogP contribution in [0.1, 0.15) is 25.5 Å². The van der Waals surface area contributed by atoms with Crippen LogP contribution in [0.4, 0.5) is 10.1 Å². The SMILES string of the molecule is CCCC(=O)Nc1cncc(-c2cnc3n[nH]c(-c4nc5c(-n6cnc(C)c6)nccc5[nH]4)c3c2F)c1. The third-order valence-corrected chi connectivity index (χ3v) is 5.90. The normalized spacial score (nSPS) is 11.4. The summed E-state index contributed by atoms with van der Waals surface area (Å²) in [4.78, 5) is 37.2. The number of nitrogens with zero attached hydrogens (tertiary/aromatic N) is 7. The minimum atomic E-state index is -0.531. The zero-order valence-corrected chi connectivity index (χ0v) is 19.9. The molecule has 0 atom stereocenters. The lowest BCUT2D eigenvalue weighted by atomic mass is 10.1. The van der Waals surface area contributed by atoms with Crippen LogP contribution in [0.15, 0.2) is 49.4 Å². The van der Waals surface area contributed by atoms with Gasteiger partial charge in [-0.1, -0.05) is 6.92 Å². The topological polar surface area (TPSA) is 143 Å². The lowest BCUT2D eigenvalue weighted by Gasteiger charge is -2.08. The van der Waals surface area contributed by atoms with Crippen LogP contribution < -0.4 is 5.32 Å². The number of carbonyl (C=O) groups is 1. The molecule has 6 aromatic heterocycles. The molecular formula is C25H21FN10O. The van der Waals surface area contributed by atoms with Crippen molar-refractivity contribution in [1.29, 1.82) is 0 Å². The predicted octanol–water partition coefficient (Wildman–Crippen LogP) is 4.33. The van der Waals surface area contributed by atoms with Crippen LogP contribution in [0, 0.1) is 12.7 Å². The van der Waals surface area contributed by atoms with Gasteiger partial charge in [-0.15, -0.1) is 0 Å². The molecule has 0 saturated carbocycles. The number of nitrogens with one attached hydrogen (secondary N) is 3. The maximum atomic E-state index is 16.0. The van der Waals surface area contributed by atoms with Gasteiger partial charge < -0.3 is 10.3 Å². The number of fused-ring (bicyclic) bond motifs is 2. The van der Waals surface area contributed by atoms with Gasteiger partial charge in [0.05, 0.1) is 28.5 Å². The van der Waals surface area contributed by atoms with Crippen molar-refractivity contribution >= 4 is 33.7 Å². The van der Waals surface area contributed by atoms with Crippen molar-refractivity contribution in [2.45, 2.75) is 26.7 Å². The Labute approximate surface area is 209 Å². The first-order chi connectivity index (χ1) is 18.0. The Morgan fingerprint density at radius 3 is 2.89 bits per heavy atom. The van der Waals surface area contributed by atoms with E-state index in [9.17, 15) is 4.79 Å². The van der Waals surface area contributed by atoms with Gasteiger partial charge in [-0.3, -0.25) is 19.4 Å². The minimum Gasteiger partial charge on any atom is -0.336 e. The third kappa shape index (κ3) is 3.97. The molecule has 0 bridgehead atoms. The fourth-order valence-electron chi connectivity index (χ4n) is 4.20. The first kappa shape index (κ1) is 22.5. The first-order valence-electron chi connectivity index (χ1n) is 11.7. The molecule has 12 heteroatoms. The number of imidazole rings is 2. The van der Waals surface area contributed by atoms with E-state index in [0.29, 0.717) is 40.5 Å². The van der Waals surface area contributed by atoms with Crippen molar-refractivity contribution in [3.05, 3.63) is 61.0 Å². The van der Waals surface area contributed by atoms with E-state index in [0.717, 1.165) is 17.6 Å². The summed E-state index contributed by atoms with van der Waals surface area (Å²) in [5.74, 6) is 0.325. The van der Waals surface area contributed by atoms with Crippen molar-refractivity contribution in [1.82, 2.24) is 44.7 Å². The van der Waals surface area contributed by atoms with E-state index < -0.39 is 5.82 Å². The highest BCUT2D eigenvalue weighted by molar-refractivity contribution is 5.95. The van der Waals surface area contributed by atoms with E-state index in [1.54, 1.807) is 29.2 Å². The summed E-state index contributed by atoms with van der Waals surface area (Å²) < 4.78 is 17.8. The van der Waals surface area contributed by atoms with E-state index in [4.69, 9.17) is 4.98 Å². The summed E-state index contributed by atoms with van der Waals surface area (Å²) in [5, 5.41) is 10.0. The Morgan fingerprint density at radius 2 is 2.08 bits per heavy atom. The van der Waals surface area contributed by atoms with E-state index in [1.807, 2.05) is 20.0 Å². The Bertz CT molecular complexity index is 1780. The van der Waals surface area contributed by atoms with Crippen LogP contribution >= 0.6 is 0 Å². The third-order valence-electron chi connectivity index (χ3n) is 5.90. The van der Waals surface area contributed by atoms with Gasteiger partial charge >= 0.3 is 0 Å². The molecule has 6 aromatic rings. The molecule has 0 saturated heterocycles. The number of aryl methyl sites for hydroxylation is 1. The van der Waals surface area contributed by atoms with E-state index in [-0.39, 0.29) is 22.5 Å². The Balaban J connectivity index is 1.44. The molecule has 11 nitrogen and oxygen atoms in total. The summed E-state index contributed by atoms with van der Waals surface area (Å²) in [6.07, 6.45) is 10.7. The zero-order valence-electron chi connectivity index (χ0n) is 19.9. The van der Waals surface area contributed by atoms with Gasteiger partial charge in [0, 0.05) is 42.3 Å². The van der Waals surface area contributed by atoms with Crippen molar-refractivity contribution in [2.24, 2.45) is 0 Å². The second-order valence-corrected chi connectivity index (χ2v) is 8.58. The number of H-pyrrole nitrogens is 2. The number of hydrogen-bond donors (Lipinski definition) is 3. The standard InChI is InChI=1S/C25H21FN10O/c1-3-4-18(37)31-15-7-14(8-27-9-15)16-10-29-23-19(20(16)26)22(34-35-23)24-32-17-5-6-28-25(21(17)33-24)36-11-13(2)30-12-36/h5-12H,3-4H2,1-2H3,(H,31,37)(H,32,33)(H,29,34,35). The molecule has 0 aromatic carbocycles. The van der Waals surface area contributed by atoms with E-state index in [2.05, 4.69) is 40.4 Å². The molecule has 184 valence electrons. The smallest absolute Gasteiger partial charge is 0.224 e. The predicted molar refractivity (Wildman–Crippen MR) is 135 cm³/mol. The molecule has 0 spiro atoms. The molecule has 37 heavy (non-hydrogen) atoms. The van der Waals surface area contributed by atoms with Crippen molar-refractivity contribution < 1.29 is 9.18 Å². The number of aromatic nitrogens is 9. The van der Waals surface area contributed by atoms with Crippen LogP contribution in [-0.4, -0.2) is 50.6 Å². The van der Waals surface area contributed by atoms with Gasteiger partial charge in [-0.05, 0) is 25.5 Å². The molecule has 0 fully saturated rings. The second kappa shape index (κ2) is 8.90. The quantitative estimate of drug-likeness (QED) is 0.311. The first-order valence-corrected chi connectivity index (χ1v) is 11.7. The number of aromatic amines is 2. The van der Waals surface area contributed by atoms with Crippen molar-refractivity contribution in [3.63, 3.8) is 0 Å². The largest absolute Gasteiger partial charge is 0.336 e. The lowest BCUT2D eigenvalue weighted by Crippen LogP contribution is -2.10. The summed E-state index contributed by atoms with van der Waals surface area (Å²) >= 11 is 0. The highest BCUT2D eigenvalue weighted by atomic mass is 19.1. The highest BCUT2D eigenvalue weighted by Gasteiger charge is 2.21.